The quantitative estimate of drug-likeness (QED) is 0.179. The number of carbonyl (C=O) groups excluding carboxylic acids is 2. The second-order valence-electron chi connectivity index (χ2n) is 19.7. The third-order valence-electron chi connectivity index (χ3n) is 16.0. The number of ether oxygens (including phenoxy) is 1. The lowest BCUT2D eigenvalue weighted by atomic mass is 9.29. The van der Waals surface area contributed by atoms with E-state index in [1.807, 2.05) is 0 Å². The van der Waals surface area contributed by atoms with Crippen LogP contribution in [0.5, 0.6) is 0 Å². The highest BCUT2D eigenvalue weighted by Crippen LogP contribution is 2.80. The molecule has 0 heterocycles. The monoisotopic (exact) mass is 685 g/mol. The average Bonchev–Trinajstić information content (AvgIpc) is 3.30. The SMILES string of the molecule is CC(C)C1=C2[C@@]([C@H](O)CNC[C@H](C)O)(CC[C@]3(C)[C@]2(C)CC[C@@H]2[C@@]4(C)CC[C@H](OC(=O)CC(C)(C)C(=O)O)C(C)(C)[C@@H]4CC[C@]23C)CC1=O. The molecule has 49 heavy (non-hydrogen) atoms. The molecular formula is C41H67NO7. The van der Waals surface area contributed by atoms with E-state index in [0.29, 0.717) is 31.3 Å². The number of fused-ring (bicyclic) bond motifs is 7. The van der Waals surface area contributed by atoms with Crippen molar-refractivity contribution in [2.24, 2.45) is 55.7 Å². The Kier molecular flexibility index (Phi) is 9.76. The number of Topliss-reactive ketones (excluding diaryl/α,β-unsaturated/α-hetero) is 1. The molecule has 0 aromatic rings. The highest BCUT2D eigenvalue weighted by molar-refractivity contribution is 6.01. The number of carboxylic acid groups (broad SMARTS) is 1. The first-order valence-corrected chi connectivity index (χ1v) is 19.2. The van der Waals surface area contributed by atoms with Crippen LogP contribution in [0.2, 0.25) is 0 Å². The molecule has 0 spiro atoms. The van der Waals surface area contributed by atoms with Gasteiger partial charge in [0.05, 0.1) is 24.0 Å². The molecular weight excluding hydrogens is 618 g/mol. The molecule has 0 aliphatic heterocycles. The van der Waals surface area contributed by atoms with E-state index in [-0.39, 0.29) is 51.3 Å². The second-order valence-corrected chi connectivity index (χ2v) is 19.7. The highest BCUT2D eigenvalue weighted by Gasteiger charge is 2.74. The third-order valence-corrected chi connectivity index (χ3v) is 16.0. The molecule has 278 valence electrons. The summed E-state index contributed by atoms with van der Waals surface area (Å²) in [4.78, 5) is 38.8. The number of esters is 1. The van der Waals surface area contributed by atoms with Gasteiger partial charge in [-0.15, -0.1) is 0 Å². The molecule has 5 aliphatic rings. The molecule has 0 aromatic heterocycles. The number of nitrogens with one attached hydrogen (secondary N) is 1. The average molecular weight is 686 g/mol. The summed E-state index contributed by atoms with van der Waals surface area (Å²) in [6, 6.07) is 0. The molecule has 8 heteroatoms. The van der Waals surface area contributed by atoms with Crippen molar-refractivity contribution < 1.29 is 34.4 Å². The summed E-state index contributed by atoms with van der Waals surface area (Å²) < 4.78 is 6.15. The van der Waals surface area contributed by atoms with Gasteiger partial charge in [-0.1, -0.05) is 55.4 Å². The molecule has 0 saturated heterocycles. The minimum absolute atomic E-state index is 0.0127. The van der Waals surface area contributed by atoms with Gasteiger partial charge in [0.2, 0.25) is 0 Å². The number of aliphatic hydroxyl groups excluding tert-OH is 2. The third kappa shape index (κ3) is 5.59. The molecule has 5 aliphatic carbocycles. The molecule has 5 rings (SSSR count). The van der Waals surface area contributed by atoms with Crippen LogP contribution in [-0.4, -0.2) is 64.4 Å². The van der Waals surface area contributed by atoms with Gasteiger partial charge in [0, 0.05) is 30.3 Å². The Morgan fingerprint density at radius 2 is 1.53 bits per heavy atom. The van der Waals surface area contributed by atoms with E-state index in [2.05, 4.69) is 60.7 Å². The van der Waals surface area contributed by atoms with Crippen LogP contribution in [0.3, 0.4) is 0 Å². The van der Waals surface area contributed by atoms with E-state index in [1.54, 1.807) is 20.8 Å². The van der Waals surface area contributed by atoms with Crippen LogP contribution < -0.4 is 5.32 Å². The summed E-state index contributed by atoms with van der Waals surface area (Å²) in [7, 11) is 0. The summed E-state index contributed by atoms with van der Waals surface area (Å²) in [6.45, 7) is 24.4. The van der Waals surface area contributed by atoms with Crippen molar-refractivity contribution in [3.63, 3.8) is 0 Å². The lowest BCUT2D eigenvalue weighted by Gasteiger charge is -2.75. The number of carbonyl (C=O) groups is 3. The van der Waals surface area contributed by atoms with Crippen LogP contribution in [0, 0.1) is 55.7 Å². The van der Waals surface area contributed by atoms with E-state index in [4.69, 9.17) is 4.74 Å². The van der Waals surface area contributed by atoms with Crippen LogP contribution in [-0.2, 0) is 19.1 Å². The van der Waals surface area contributed by atoms with E-state index >= 15 is 0 Å². The molecule has 4 saturated carbocycles. The van der Waals surface area contributed by atoms with Crippen LogP contribution in [0.25, 0.3) is 0 Å². The first kappa shape index (κ1) is 38.5. The standard InChI is InChI=1S/C41H67NO7/c1-24(2)32-26(44)20-41(29(45)23-42-22-25(3)43)19-18-40(11)38(9)16-12-27-36(6,7)30(49-31(46)21-35(4,5)34(47)48)14-15-37(27,8)28(38)13-17-39(40,10)33(32)41/h24-25,27-30,42-43,45H,12-23H2,1-11H3,(H,47,48)/t25-,27-,28+,29+,30-,37-,38+,39+,40-,41-/m0/s1. The lowest BCUT2D eigenvalue weighted by molar-refractivity contribution is -0.252. The smallest absolute Gasteiger partial charge is 0.309 e. The molecule has 0 aromatic carbocycles. The normalized spacial score (nSPS) is 41.3. The minimum atomic E-state index is -1.17. The van der Waals surface area contributed by atoms with Gasteiger partial charge >= 0.3 is 11.9 Å². The summed E-state index contributed by atoms with van der Waals surface area (Å²) in [5.74, 6) is -0.318. The van der Waals surface area contributed by atoms with Gasteiger partial charge in [0.25, 0.3) is 0 Å². The van der Waals surface area contributed by atoms with Gasteiger partial charge in [-0.25, -0.2) is 0 Å². The maximum atomic E-state index is 14.0. The van der Waals surface area contributed by atoms with Crippen molar-refractivity contribution in [1.29, 1.82) is 0 Å². The zero-order chi connectivity index (χ0) is 36.8. The second kappa shape index (κ2) is 12.4. The highest BCUT2D eigenvalue weighted by atomic mass is 16.5. The fourth-order valence-corrected chi connectivity index (χ4v) is 13.1. The van der Waals surface area contributed by atoms with E-state index < -0.39 is 35.0 Å². The molecule has 0 radical (unpaired) electrons. The molecule has 10 atom stereocenters. The van der Waals surface area contributed by atoms with Crippen LogP contribution in [0.4, 0.5) is 0 Å². The van der Waals surface area contributed by atoms with E-state index in [0.717, 1.165) is 56.9 Å². The first-order chi connectivity index (χ1) is 22.4. The van der Waals surface area contributed by atoms with Crippen molar-refractivity contribution in [2.45, 2.75) is 159 Å². The van der Waals surface area contributed by atoms with E-state index in [1.165, 1.54) is 5.57 Å². The number of carboxylic acids is 1. The van der Waals surface area contributed by atoms with Gasteiger partial charge in [-0.3, -0.25) is 14.4 Å². The molecule has 0 unspecified atom stereocenters. The fraction of sp³-hybridized carbons (Fsp3) is 0.878. The molecule has 4 N–H and O–H groups in total. The number of ketones is 1. The summed E-state index contributed by atoms with van der Waals surface area (Å²) >= 11 is 0. The zero-order valence-corrected chi connectivity index (χ0v) is 32.4. The van der Waals surface area contributed by atoms with Crippen molar-refractivity contribution in [1.82, 2.24) is 5.32 Å². The number of hydrogen-bond donors (Lipinski definition) is 4. The Labute approximate surface area is 295 Å². The maximum Gasteiger partial charge on any atom is 0.309 e. The number of allylic oxidation sites excluding steroid dienone is 1. The number of aliphatic hydroxyl groups is 2. The summed E-state index contributed by atoms with van der Waals surface area (Å²) in [5, 5.41) is 34.7. The summed E-state index contributed by atoms with van der Waals surface area (Å²) in [6.07, 6.45) is 6.36. The van der Waals surface area contributed by atoms with Gasteiger partial charge in [0.15, 0.2) is 5.78 Å². The van der Waals surface area contributed by atoms with Crippen molar-refractivity contribution in [3.8, 4) is 0 Å². The summed E-state index contributed by atoms with van der Waals surface area (Å²) in [5.41, 5.74) is -0.0682. The van der Waals surface area contributed by atoms with Gasteiger partial charge in [0.1, 0.15) is 6.10 Å². The maximum absolute atomic E-state index is 14.0. The molecule has 0 amide bonds. The van der Waals surface area contributed by atoms with Crippen molar-refractivity contribution in [2.75, 3.05) is 13.1 Å². The van der Waals surface area contributed by atoms with Crippen LogP contribution in [0.1, 0.15) is 140 Å². The predicted octanol–water partition coefficient (Wildman–Crippen LogP) is 7.10. The number of aliphatic carboxylic acids is 1. The molecule has 0 bridgehead atoms. The van der Waals surface area contributed by atoms with Crippen LogP contribution >= 0.6 is 0 Å². The number of hydrogen-bond acceptors (Lipinski definition) is 7. The first-order valence-electron chi connectivity index (χ1n) is 19.2. The van der Waals surface area contributed by atoms with E-state index in [9.17, 15) is 29.7 Å². The van der Waals surface area contributed by atoms with Crippen molar-refractivity contribution >= 4 is 17.7 Å². The van der Waals surface area contributed by atoms with Crippen LogP contribution in [0.15, 0.2) is 11.1 Å². The Bertz CT molecular complexity index is 1380. The fourth-order valence-electron chi connectivity index (χ4n) is 13.1. The molecule has 4 fully saturated rings. The Morgan fingerprint density at radius 1 is 0.898 bits per heavy atom. The lowest BCUT2D eigenvalue weighted by Crippen LogP contribution is -2.69. The zero-order valence-electron chi connectivity index (χ0n) is 32.4. The largest absolute Gasteiger partial charge is 0.481 e. The van der Waals surface area contributed by atoms with Gasteiger partial charge in [-0.2, -0.15) is 0 Å². The predicted molar refractivity (Wildman–Crippen MR) is 191 cm³/mol. The van der Waals surface area contributed by atoms with Gasteiger partial charge < -0.3 is 25.4 Å². The topological polar surface area (TPSA) is 133 Å². The van der Waals surface area contributed by atoms with Gasteiger partial charge in [-0.05, 0) is 123 Å². The number of rotatable bonds is 10. The Hall–Kier alpha value is -1.77. The Morgan fingerprint density at radius 3 is 2.12 bits per heavy atom. The van der Waals surface area contributed by atoms with Crippen molar-refractivity contribution in [3.05, 3.63) is 11.1 Å². The Balaban J connectivity index is 1.48. The molecule has 8 nitrogen and oxygen atoms in total. The minimum Gasteiger partial charge on any atom is -0.481 e.